The number of carbonyl (C=O) groups is 2. The molecule has 0 fully saturated rings. The number of nitrogens with one attached hydrogen (secondary N) is 1. The summed E-state index contributed by atoms with van der Waals surface area (Å²) in [6, 6.07) is 8.26. The highest BCUT2D eigenvalue weighted by molar-refractivity contribution is 6.06. The van der Waals surface area contributed by atoms with E-state index in [2.05, 4.69) is 10.3 Å². The number of pyridine rings is 1. The molecule has 5 nitrogen and oxygen atoms in total. The van der Waals surface area contributed by atoms with Gasteiger partial charge in [0.25, 0.3) is 5.91 Å². The summed E-state index contributed by atoms with van der Waals surface area (Å²) in [5.41, 5.74) is 0.248. The van der Waals surface area contributed by atoms with Gasteiger partial charge in [-0.15, -0.1) is 0 Å². The molecule has 0 saturated heterocycles. The highest BCUT2D eigenvalue weighted by atomic mass is 16.4. The van der Waals surface area contributed by atoms with E-state index in [9.17, 15) is 9.59 Å². The number of carboxylic acid groups (broad SMARTS) is 1. The van der Waals surface area contributed by atoms with E-state index in [0.717, 1.165) is 5.39 Å². The van der Waals surface area contributed by atoms with Crippen molar-refractivity contribution in [3.63, 3.8) is 0 Å². The molecule has 0 saturated carbocycles. The van der Waals surface area contributed by atoms with E-state index in [0.29, 0.717) is 11.8 Å². The van der Waals surface area contributed by atoms with Gasteiger partial charge in [0.05, 0.1) is 0 Å². The highest BCUT2D eigenvalue weighted by Crippen LogP contribution is 2.16. The third kappa shape index (κ3) is 2.70. The number of benzene rings is 1. The first-order valence-corrected chi connectivity index (χ1v) is 6.01. The number of hydrogen-bond acceptors (Lipinski definition) is 3. The zero-order valence-electron chi connectivity index (χ0n) is 10.5. The normalized spacial score (nSPS) is 12.1. The molecule has 1 aromatic carbocycles. The molecule has 0 aliphatic carbocycles. The fourth-order valence-electron chi connectivity index (χ4n) is 1.87. The molecule has 1 heterocycles. The first kappa shape index (κ1) is 13.0. The van der Waals surface area contributed by atoms with Crippen molar-refractivity contribution in [1.82, 2.24) is 10.3 Å². The number of carboxylic acids is 1. The average Bonchev–Trinajstić information content (AvgIpc) is 2.43. The smallest absolute Gasteiger partial charge is 0.326 e. The van der Waals surface area contributed by atoms with E-state index in [1.807, 2.05) is 18.2 Å². The first-order chi connectivity index (χ1) is 9.13. The molecule has 1 unspecified atom stereocenters. The van der Waals surface area contributed by atoms with Crippen molar-refractivity contribution in [3.8, 4) is 0 Å². The largest absolute Gasteiger partial charge is 0.480 e. The number of aliphatic carboxylic acids is 1. The number of fused-ring (bicyclic) bond motifs is 1. The minimum Gasteiger partial charge on any atom is -0.480 e. The fourth-order valence-corrected chi connectivity index (χ4v) is 1.87. The lowest BCUT2D eigenvalue weighted by atomic mass is 10.1. The van der Waals surface area contributed by atoms with E-state index in [-0.39, 0.29) is 5.69 Å². The van der Waals surface area contributed by atoms with Gasteiger partial charge in [0.15, 0.2) is 0 Å². The second kappa shape index (κ2) is 5.48. The zero-order chi connectivity index (χ0) is 13.8. The summed E-state index contributed by atoms with van der Waals surface area (Å²) in [4.78, 5) is 27.1. The van der Waals surface area contributed by atoms with Crippen molar-refractivity contribution in [2.45, 2.75) is 19.4 Å². The topological polar surface area (TPSA) is 79.3 Å². The molecule has 1 aromatic heterocycles. The molecule has 0 radical (unpaired) electrons. The standard InChI is InChI=1S/C14H14N2O3/c1-2-11(14(18)19)16-13(17)12-10-6-4-3-5-9(10)7-8-15-12/h3-8,11H,2H2,1H3,(H,16,17)(H,18,19). The number of amides is 1. The van der Waals surface area contributed by atoms with Crippen LogP contribution in [0, 0.1) is 0 Å². The van der Waals surface area contributed by atoms with Crippen LogP contribution in [0.4, 0.5) is 0 Å². The van der Waals surface area contributed by atoms with Crippen LogP contribution in [0.25, 0.3) is 10.8 Å². The van der Waals surface area contributed by atoms with Crippen molar-refractivity contribution in [2.24, 2.45) is 0 Å². The van der Waals surface area contributed by atoms with Crippen LogP contribution in [-0.2, 0) is 4.79 Å². The lowest BCUT2D eigenvalue weighted by molar-refractivity contribution is -0.139. The van der Waals surface area contributed by atoms with Crippen molar-refractivity contribution in [2.75, 3.05) is 0 Å². The molecule has 1 amide bonds. The zero-order valence-corrected chi connectivity index (χ0v) is 10.5. The maximum atomic E-state index is 12.1. The Morgan fingerprint density at radius 1 is 1.32 bits per heavy atom. The Kier molecular flexibility index (Phi) is 3.75. The summed E-state index contributed by atoms with van der Waals surface area (Å²) in [5, 5.41) is 13.0. The summed E-state index contributed by atoms with van der Waals surface area (Å²) in [7, 11) is 0. The van der Waals surface area contributed by atoms with Gasteiger partial charge in [0.1, 0.15) is 11.7 Å². The monoisotopic (exact) mass is 258 g/mol. The molecule has 2 rings (SSSR count). The Bertz CT molecular complexity index is 620. The molecule has 0 spiro atoms. The molecule has 0 aliphatic rings. The van der Waals surface area contributed by atoms with Gasteiger partial charge in [-0.3, -0.25) is 9.78 Å². The summed E-state index contributed by atoms with van der Waals surface area (Å²) in [6.07, 6.45) is 1.87. The molecule has 5 heteroatoms. The van der Waals surface area contributed by atoms with Crippen molar-refractivity contribution in [3.05, 3.63) is 42.2 Å². The van der Waals surface area contributed by atoms with Gasteiger partial charge in [-0.2, -0.15) is 0 Å². The molecule has 98 valence electrons. The lowest BCUT2D eigenvalue weighted by Crippen LogP contribution is -2.40. The second-order valence-corrected chi connectivity index (χ2v) is 4.15. The van der Waals surface area contributed by atoms with Gasteiger partial charge in [-0.1, -0.05) is 31.2 Å². The molecule has 2 N–H and O–H groups in total. The van der Waals surface area contributed by atoms with Crippen LogP contribution in [0.3, 0.4) is 0 Å². The fraction of sp³-hybridized carbons (Fsp3) is 0.214. The number of aromatic nitrogens is 1. The molecule has 2 aromatic rings. The van der Waals surface area contributed by atoms with Crippen LogP contribution >= 0.6 is 0 Å². The SMILES string of the molecule is CCC(NC(=O)c1nccc2ccccc12)C(=O)O. The average molecular weight is 258 g/mol. The van der Waals surface area contributed by atoms with Gasteiger partial charge in [0, 0.05) is 11.6 Å². The predicted molar refractivity (Wildman–Crippen MR) is 70.9 cm³/mol. The third-order valence-electron chi connectivity index (χ3n) is 2.90. The van der Waals surface area contributed by atoms with Crippen LogP contribution in [0.15, 0.2) is 36.5 Å². The maximum Gasteiger partial charge on any atom is 0.326 e. The Hall–Kier alpha value is -2.43. The van der Waals surface area contributed by atoms with Gasteiger partial charge >= 0.3 is 5.97 Å². The molecular weight excluding hydrogens is 244 g/mol. The van der Waals surface area contributed by atoms with Gasteiger partial charge < -0.3 is 10.4 Å². The number of carbonyl (C=O) groups excluding carboxylic acids is 1. The molecular formula is C14H14N2O3. The summed E-state index contributed by atoms with van der Waals surface area (Å²) < 4.78 is 0. The molecule has 19 heavy (non-hydrogen) atoms. The number of rotatable bonds is 4. The van der Waals surface area contributed by atoms with E-state index >= 15 is 0 Å². The summed E-state index contributed by atoms with van der Waals surface area (Å²) >= 11 is 0. The van der Waals surface area contributed by atoms with Crippen LogP contribution in [0.5, 0.6) is 0 Å². The molecule has 0 aliphatic heterocycles. The Labute approximate surface area is 110 Å². The lowest BCUT2D eigenvalue weighted by Gasteiger charge is -2.12. The predicted octanol–water partition coefficient (Wildman–Crippen LogP) is 1.83. The Morgan fingerprint density at radius 3 is 2.74 bits per heavy atom. The van der Waals surface area contributed by atoms with Crippen LogP contribution in [0.2, 0.25) is 0 Å². The van der Waals surface area contributed by atoms with Crippen molar-refractivity contribution in [1.29, 1.82) is 0 Å². The minimum atomic E-state index is -1.05. The number of nitrogens with zero attached hydrogens (tertiary/aromatic N) is 1. The first-order valence-electron chi connectivity index (χ1n) is 6.01. The van der Waals surface area contributed by atoms with Crippen LogP contribution in [0.1, 0.15) is 23.8 Å². The summed E-state index contributed by atoms with van der Waals surface area (Å²) in [5.74, 6) is -1.51. The van der Waals surface area contributed by atoms with E-state index in [4.69, 9.17) is 5.11 Å². The Balaban J connectivity index is 2.34. The van der Waals surface area contributed by atoms with Gasteiger partial charge in [-0.05, 0) is 17.9 Å². The van der Waals surface area contributed by atoms with E-state index < -0.39 is 17.9 Å². The van der Waals surface area contributed by atoms with Crippen LogP contribution < -0.4 is 5.32 Å². The highest BCUT2D eigenvalue weighted by Gasteiger charge is 2.20. The molecule has 0 bridgehead atoms. The van der Waals surface area contributed by atoms with Gasteiger partial charge in [0.2, 0.25) is 0 Å². The number of hydrogen-bond donors (Lipinski definition) is 2. The maximum absolute atomic E-state index is 12.1. The van der Waals surface area contributed by atoms with Crippen molar-refractivity contribution < 1.29 is 14.7 Å². The van der Waals surface area contributed by atoms with Gasteiger partial charge in [-0.25, -0.2) is 4.79 Å². The molecule has 1 atom stereocenters. The third-order valence-corrected chi connectivity index (χ3v) is 2.90. The van der Waals surface area contributed by atoms with Crippen molar-refractivity contribution >= 4 is 22.6 Å². The van der Waals surface area contributed by atoms with Crippen LogP contribution in [-0.4, -0.2) is 28.0 Å². The summed E-state index contributed by atoms with van der Waals surface area (Å²) in [6.45, 7) is 1.70. The van der Waals surface area contributed by atoms with E-state index in [1.165, 1.54) is 0 Å². The Morgan fingerprint density at radius 2 is 2.05 bits per heavy atom. The van der Waals surface area contributed by atoms with E-state index in [1.54, 1.807) is 25.3 Å². The minimum absolute atomic E-state index is 0.248. The second-order valence-electron chi connectivity index (χ2n) is 4.15. The quantitative estimate of drug-likeness (QED) is 0.876.